The van der Waals surface area contributed by atoms with Gasteiger partial charge in [0.15, 0.2) is 0 Å². The Morgan fingerprint density at radius 3 is 2.80 bits per heavy atom. The van der Waals surface area contributed by atoms with Gasteiger partial charge in [-0.3, -0.25) is 9.59 Å². The molecule has 0 N–H and O–H groups in total. The summed E-state index contributed by atoms with van der Waals surface area (Å²) in [6, 6.07) is 13.1. The quantitative estimate of drug-likeness (QED) is 0.483. The number of benzene rings is 2. The molecule has 0 saturated carbocycles. The van der Waals surface area contributed by atoms with Crippen molar-refractivity contribution in [1.82, 2.24) is 19.7 Å². The maximum atomic E-state index is 12.8. The molecule has 0 unspecified atom stereocenters. The lowest BCUT2D eigenvalue weighted by Crippen LogP contribution is -2.41. The third-order valence-corrected chi connectivity index (χ3v) is 7.04. The topological polar surface area (TPSA) is 68.1 Å². The second kappa shape index (κ2) is 7.81. The minimum Gasteiger partial charge on any atom is -0.341 e. The summed E-state index contributed by atoms with van der Waals surface area (Å²) in [4.78, 5) is 32.0. The minimum absolute atomic E-state index is 0.0338. The molecule has 6 nitrogen and oxygen atoms in total. The second-order valence-corrected chi connectivity index (χ2v) is 9.01. The average Bonchev–Trinajstić information content (AvgIpc) is 3.19. The van der Waals surface area contributed by atoms with Crippen LogP contribution in [-0.4, -0.2) is 38.7 Å². The van der Waals surface area contributed by atoms with Crippen molar-refractivity contribution in [2.24, 2.45) is 0 Å². The van der Waals surface area contributed by atoms with E-state index >= 15 is 0 Å². The summed E-state index contributed by atoms with van der Waals surface area (Å²) in [7, 11) is 0. The first kappa shape index (κ1) is 19.2. The van der Waals surface area contributed by atoms with Gasteiger partial charge in [0, 0.05) is 29.4 Å². The van der Waals surface area contributed by atoms with Crippen LogP contribution in [0.2, 0.25) is 5.02 Å². The van der Waals surface area contributed by atoms with Gasteiger partial charge in [-0.05, 0) is 37.1 Å². The molecule has 30 heavy (non-hydrogen) atoms. The van der Waals surface area contributed by atoms with Crippen molar-refractivity contribution in [3.8, 4) is 0 Å². The highest BCUT2D eigenvalue weighted by Gasteiger charge is 2.26. The lowest BCUT2D eigenvalue weighted by Gasteiger charge is -2.31. The van der Waals surface area contributed by atoms with E-state index < -0.39 is 0 Å². The Balaban J connectivity index is 1.26. The number of fused-ring (bicyclic) bond motifs is 2. The van der Waals surface area contributed by atoms with Gasteiger partial charge in [-0.1, -0.05) is 29.8 Å². The van der Waals surface area contributed by atoms with Crippen LogP contribution in [0, 0.1) is 0 Å². The number of nitrogens with zero attached hydrogens (tertiary/aromatic N) is 4. The normalized spacial score (nSPS) is 15.2. The highest BCUT2D eigenvalue weighted by Crippen LogP contribution is 2.34. The van der Waals surface area contributed by atoms with Gasteiger partial charge >= 0.3 is 0 Å². The number of amides is 1. The van der Waals surface area contributed by atoms with Gasteiger partial charge in [0.2, 0.25) is 5.91 Å². The molecule has 8 heteroatoms. The van der Waals surface area contributed by atoms with Gasteiger partial charge in [0.1, 0.15) is 6.54 Å². The average molecular weight is 439 g/mol. The van der Waals surface area contributed by atoms with Gasteiger partial charge in [-0.25, -0.2) is 9.67 Å². The SMILES string of the molecule is O=C(Cn1ncc2ccccc2c1=O)N1CCC(c2nc3cc(Cl)ccc3s2)CC1. The van der Waals surface area contributed by atoms with E-state index in [-0.39, 0.29) is 18.0 Å². The Morgan fingerprint density at radius 2 is 1.97 bits per heavy atom. The van der Waals surface area contributed by atoms with Crippen molar-refractivity contribution in [2.75, 3.05) is 13.1 Å². The molecule has 1 saturated heterocycles. The van der Waals surface area contributed by atoms with Gasteiger partial charge in [-0.2, -0.15) is 5.10 Å². The third kappa shape index (κ3) is 3.59. The molecule has 0 atom stereocenters. The van der Waals surface area contributed by atoms with Gasteiger partial charge in [-0.15, -0.1) is 11.3 Å². The number of hydrogen-bond donors (Lipinski definition) is 0. The number of rotatable bonds is 3. The van der Waals surface area contributed by atoms with E-state index in [1.165, 1.54) is 4.68 Å². The van der Waals surface area contributed by atoms with E-state index in [0.717, 1.165) is 33.5 Å². The van der Waals surface area contributed by atoms with Crippen molar-refractivity contribution in [3.05, 3.63) is 69.0 Å². The van der Waals surface area contributed by atoms with Gasteiger partial charge in [0.25, 0.3) is 5.56 Å². The number of halogens is 1. The smallest absolute Gasteiger partial charge is 0.275 e. The molecule has 2 aromatic heterocycles. The fourth-order valence-electron chi connectivity index (χ4n) is 3.94. The van der Waals surface area contributed by atoms with E-state index in [0.29, 0.717) is 29.4 Å². The molecule has 0 aliphatic carbocycles. The summed E-state index contributed by atoms with van der Waals surface area (Å²) < 4.78 is 2.39. The van der Waals surface area contributed by atoms with Crippen LogP contribution in [-0.2, 0) is 11.3 Å². The van der Waals surface area contributed by atoms with Crippen molar-refractivity contribution in [3.63, 3.8) is 0 Å². The van der Waals surface area contributed by atoms with E-state index in [2.05, 4.69) is 5.10 Å². The molecule has 3 heterocycles. The number of piperidine rings is 1. The first-order valence-electron chi connectivity index (χ1n) is 9.87. The molecule has 1 fully saturated rings. The summed E-state index contributed by atoms with van der Waals surface area (Å²) in [6.07, 6.45) is 3.36. The molecular weight excluding hydrogens is 420 g/mol. The molecule has 4 aromatic rings. The zero-order valence-electron chi connectivity index (χ0n) is 16.1. The van der Waals surface area contributed by atoms with Crippen LogP contribution in [0.3, 0.4) is 0 Å². The fraction of sp³-hybridized carbons (Fsp3) is 0.273. The molecule has 1 aliphatic rings. The molecule has 2 aromatic carbocycles. The van der Waals surface area contributed by atoms with E-state index in [1.54, 1.807) is 23.6 Å². The predicted molar refractivity (Wildman–Crippen MR) is 119 cm³/mol. The number of thiazole rings is 1. The van der Waals surface area contributed by atoms with Crippen molar-refractivity contribution in [2.45, 2.75) is 25.3 Å². The van der Waals surface area contributed by atoms with Crippen LogP contribution in [0.5, 0.6) is 0 Å². The monoisotopic (exact) mass is 438 g/mol. The van der Waals surface area contributed by atoms with Crippen molar-refractivity contribution >= 4 is 49.8 Å². The van der Waals surface area contributed by atoms with Gasteiger partial charge in [0.05, 0.1) is 26.8 Å². The Morgan fingerprint density at radius 1 is 1.17 bits per heavy atom. The first-order valence-corrected chi connectivity index (χ1v) is 11.1. The van der Waals surface area contributed by atoms with Crippen LogP contribution in [0.25, 0.3) is 21.0 Å². The largest absolute Gasteiger partial charge is 0.341 e. The minimum atomic E-state index is -0.232. The Kier molecular flexibility index (Phi) is 5.00. The molecule has 1 amide bonds. The summed E-state index contributed by atoms with van der Waals surface area (Å²) in [5, 5.41) is 7.33. The van der Waals surface area contributed by atoms with E-state index in [9.17, 15) is 9.59 Å². The Labute approximate surface area is 181 Å². The highest BCUT2D eigenvalue weighted by atomic mass is 35.5. The predicted octanol–water partition coefficient (Wildman–Crippen LogP) is 4.07. The number of carbonyl (C=O) groups is 1. The zero-order chi connectivity index (χ0) is 20.7. The number of carbonyl (C=O) groups excluding carboxylic acids is 1. The maximum absolute atomic E-state index is 12.8. The molecule has 0 radical (unpaired) electrons. The van der Waals surface area contributed by atoms with Crippen LogP contribution in [0.15, 0.2) is 53.5 Å². The van der Waals surface area contributed by atoms with Crippen LogP contribution in [0.1, 0.15) is 23.8 Å². The first-order chi connectivity index (χ1) is 14.6. The molecule has 152 valence electrons. The molecule has 0 spiro atoms. The molecule has 5 rings (SSSR count). The lowest BCUT2D eigenvalue weighted by atomic mass is 9.97. The number of likely N-dealkylation sites (tertiary alicyclic amines) is 1. The van der Waals surface area contributed by atoms with Crippen LogP contribution >= 0.6 is 22.9 Å². The van der Waals surface area contributed by atoms with E-state index in [1.807, 2.05) is 41.3 Å². The second-order valence-electron chi connectivity index (χ2n) is 7.51. The zero-order valence-corrected chi connectivity index (χ0v) is 17.7. The number of hydrogen-bond acceptors (Lipinski definition) is 5. The van der Waals surface area contributed by atoms with Crippen molar-refractivity contribution < 1.29 is 4.79 Å². The molecule has 1 aliphatic heterocycles. The standard InChI is InChI=1S/C22H19ClN4O2S/c23-16-5-6-19-18(11-16)25-21(30-19)14-7-9-26(10-8-14)20(28)13-27-22(29)17-4-2-1-3-15(17)12-24-27/h1-6,11-12,14H,7-10,13H2. The number of aromatic nitrogens is 3. The van der Waals surface area contributed by atoms with Gasteiger partial charge < -0.3 is 4.90 Å². The Hall–Kier alpha value is -2.77. The summed E-state index contributed by atoms with van der Waals surface area (Å²) in [6.45, 7) is 1.28. The summed E-state index contributed by atoms with van der Waals surface area (Å²) in [5.41, 5.74) is 0.701. The Bertz CT molecular complexity index is 1310. The third-order valence-electron chi connectivity index (χ3n) is 5.61. The van der Waals surface area contributed by atoms with E-state index in [4.69, 9.17) is 16.6 Å². The fourth-order valence-corrected chi connectivity index (χ4v) is 5.22. The van der Waals surface area contributed by atoms with Crippen molar-refractivity contribution in [1.29, 1.82) is 0 Å². The lowest BCUT2D eigenvalue weighted by molar-refractivity contribution is -0.133. The summed E-state index contributed by atoms with van der Waals surface area (Å²) in [5.74, 6) is 0.265. The molecular formula is C22H19ClN4O2S. The molecule has 0 bridgehead atoms. The summed E-state index contributed by atoms with van der Waals surface area (Å²) >= 11 is 7.77. The highest BCUT2D eigenvalue weighted by molar-refractivity contribution is 7.18. The van der Waals surface area contributed by atoms with Crippen LogP contribution in [0.4, 0.5) is 0 Å². The maximum Gasteiger partial charge on any atom is 0.275 e. The van der Waals surface area contributed by atoms with Crippen LogP contribution < -0.4 is 5.56 Å².